The monoisotopic (exact) mass is 470 g/mol. The summed E-state index contributed by atoms with van der Waals surface area (Å²) in [6, 6.07) is 2.63. The van der Waals surface area contributed by atoms with E-state index >= 15 is 0 Å². The second-order valence-electron chi connectivity index (χ2n) is 7.85. The van der Waals surface area contributed by atoms with E-state index in [1.807, 2.05) is 2.89 Å². The molecule has 0 bridgehead atoms. The van der Waals surface area contributed by atoms with Crippen molar-refractivity contribution < 1.29 is 0 Å². The number of hydrogen-bond donors (Lipinski definition) is 0. The zero-order valence-electron chi connectivity index (χ0n) is 17.5. The molecule has 1 aromatic heterocycles. The molecule has 0 aromatic carbocycles. The molecule has 2 radical (unpaired) electrons. The Hall–Kier alpha value is 0.499. The van der Waals surface area contributed by atoms with Crippen molar-refractivity contribution in [3.63, 3.8) is 0 Å². The van der Waals surface area contributed by atoms with Crippen LogP contribution in [0.3, 0.4) is 0 Å². The van der Waals surface area contributed by atoms with Crippen LogP contribution in [0.15, 0.2) is 11.4 Å². The van der Waals surface area contributed by atoms with Crippen molar-refractivity contribution >= 4 is 35.4 Å². The van der Waals surface area contributed by atoms with Crippen LogP contribution in [0.25, 0.3) is 0 Å². The average Bonchev–Trinajstić information content (AvgIpc) is 3.07. The molecule has 144 valence electrons. The summed E-state index contributed by atoms with van der Waals surface area (Å²) in [7, 11) is 0. The third-order valence-corrected chi connectivity index (χ3v) is 12.6. The summed E-state index contributed by atoms with van der Waals surface area (Å²) >= 11 is 1.62. The van der Waals surface area contributed by atoms with Crippen LogP contribution in [-0.4, -0.2) is 21.1 Å². The first-order chi connectivity index (χ1) is 12.2. The van der Waals surface area contributed by atoms with E-state index in [4.69, 9.17) is 0 Å². The Labute approximate surface area is 172 Å². The molecule has 2 heteroatoms. The number of unbranched alkanes of at least 4 members (excludes halogenated alkanes) is 6. The van der Waals surface area contributed by atoms with Gasteiger partial charge in [-0.25, -0.2) is 0 Å². The van der Waals surface area contributed by atoms with Crippen molar-refractivity contribution in [3.05, 3.63) is 17.0 Å². The number of rotatable bonds is 16. The predicted molar refractivity (Wildman–Crippen MR) is 119 cm³/mol. The van der Waals surface area contributed by atoms with Crippen LogP contribution in [0, 0.1) is 0 Å². The summed E-state index contributed by atoms with van der Waals surface area (Å²) in [5.41, 5.74) is 1.65. The molecule has 1 aromatic rings. The first kappa shape index (κ1) is 23.5. The Bertz CT molecular complexity index is 402. The summed E-state index contributed by atoms with van der Waals surface area (Å²) in [6.45, 7) is 9.41. The summed E-state index contributed by atoms with van der Waals surface area (Å²) < 4.78 is 2.58. The molecule has 0 saturated carbocycles. The van der Waals surface area contributed by atoms with Gasteiger partial charge in [-0.15, -0.1) is 0 Å². The normalized spacial score (nSPS) is 12.0. The van der Waals surface area contributed by atoms with Gasteiger partial charge in [0.15, 0.2) is 0 Å². The third-order valence-electron chi connectivity index (χ3n) is 5.39. The van der Waals surface area contributed by atoms with E-state index in [1.165, 1.54) is 89.9 Å². The van der Waals surface area contributed by atoms with Crippen molar-refractivity contribution in [2.24, 2.45) is 0 Å². The van der Waals surface area contributed by atoms with Crippen LogP contribution in [0.2, 0.25) is 3.43 Å². The topological polar surface area (TPSA) is 0 Å². The summed E-state index contributed by atoms with van der Waals surface area (Å²) in [4.78, 5) is 0. The van der Waals surface area contributed by atoms with Crippen molar-refractivity contribution in [3.8, 4) is 0 Å². The van der Waals surface area contributed by atoms with Crippen LogP contribution >= 0.6 is 11.3 Å². The molecule has 0 aliphatic carbocycles. The maximum absolute atomic E-state index is 2.63. The fraction of sp³-hybridized carbons (Fsp3) is 0.826. The fourth-order valence-electron chi connectivity index (χ4n) is 3.70. The Morgan fingerprint density at radius 3 is 1.84 bits per heavy atom. The molecule has 1 rings (SSSR count). The van der Waals surface area contributed by atoms with Crippen molar-refractivity contribution in [2.45, 2.75) is 121 Å². The van der Waals surface area contributed by atoms with Gasteiger partial charge in [-0.3, -0.25) is 0 Å². The van der Waals surface area contributed by atoms with Crippen molar-refractivity contribution in [1.82, 2.24) is 0 Å². The molecule has 25 heavy (non-hydrogen) atoms. The number of thiophene rings is 1. The predicted octanol–water partition coefficient (Wildman–Crippen LogP) is 7.93. The van der Waals surface area contributed by atoms with Gasteiger partial charge in [0.25, 0.3) is 0 Å². The van der Waals surface area contributed by atoms with Gasteiger partial charge < -0.3 is 0 Å². The van der Waals surface area contributed by atoms with E-state index in [0.29, 0.717) is 0 Å². The second kappa shape index (κ2) is 14.5. The van der Waals surface area contributed by atoms with E-state index < -0.39 is 21.1 Å². The van der Waals surface area contributed by atoms with E-state index in [1.54, 1.807) is 5.56 Å². The molecule has 0 unspecified atom stereocenters. The van der Waals surface area contributed by atoms with Crippen molar-refractivity contribution in [1.29, 1.82) is 0 Å². The van der Waals surface area contributed by atoms with Gasteiger partial charge in [-0.2, -0.15) is 0 Å². The van der Waals surface area contributed by atoms with Crippen LogP contribution in [0.4, 0.5) is 0 Å². The molecule has 0 N–H and O–H groups in total. The molecule has 0 fully saturated rings. The SMILES string of the molecule is CCCCCCc1cs[c]([Sn][C](CCCC)(CCCC)CCCC)c1. The molecule has 0 aliphatic rings. The molecule has 0 nitrogen and oxygen atoms in total. The summed E-state index contributed by atoms with van der Waals surface area (Å²) in [6.07, 6.45) is 19.9. The maximum atomic E-state index is 2.63. The molecule has 0 spiro atoms. The van der Waals surface area contributed by atoms with E-state index in [2.05, 4.69) is 50.5 Å². The van der Waals surface area contributed by atoms with Crippen LogP contribution in [0.5, 0.6) is 0 Å². The Morgan fingerprint density at radius 2 is 1.32 bits per heavy atom. The molecule has 0 atom stereocenters. The van der Waals surface area contributed by atoms with Gasteiger partial charge in [0.1, 0.15) is 0 Å². The zero-order valence-corrected chi connectivity index (χ0v) is 21.1. The second-order valence-corrected chi connectivity index (χ2v) is 15.1. The Balaban J connectivity index is 2.71. The minimum atomic E-state index is -0.494. The van der Waals surface area contributed by atoms with Crippen molar-refractivity contribution in [2.75, 3.05) is 0 Å². The van der Waals surface area contributed by atoms with Gasteiger partial charge in [0.05, 0.1) is 0 Å². The summed E-state index contributed by atoms with van der Waals surface area (Å²) in [5, 5.41) is 2.49. The van der Waals surface area contributed by atoms with Crippen LogP contribution in [-0.2, 0) is 6.42 Å². The van der Waals surface area contributed by atoms with E-state index in [0.717, 1.165) is 3.43 Å². The number of aryl methyl sites for hydroxylation is 1. The first-order valence-electron chi connectivity index (χ1n) is 11.0. The minimum absolute atomic E-state index is 0.494. The zero-order chi connectivity index (χ0) is 18.4. The fourth-order valence-corrected chi connectivity index (χ4v) is 11.7. The third kappa shape index (κ3) is 9.84. The van der Waals surface area contributed by atoms with E-state index in [-0.39, 0.29) is 0 Å². The van der Waals surface area contributed by atoms with Gasteiger partial charge in [-0.05, 0) is 0 Å². The molecule has 1 heterocycles. The van der Waals surface area contributed by atoms with E-state index in [9.17, 15) is 0 Å². The molecular formula is C23H42SSn. The standard InChI is InChI=1S/C13H27.C10H15S.Sn/c1-4-7-10-13(11-8-5-2)12-9-6-3;1-2-3-4-5-6-10-7-8-11-9-10;/h4-12H2,1-3H3;7,9H,2-6H2,1H3;. The summed E-state index contributed by atoms with van der Waals surface area (Å²) in [5.74, 6) is 0. The molecular weight excluding hydrogens is 427 g/mol. The molecule has 0 saturated heterocycles. The van der Waals surface area contributed by atoms with Gasteiger partial charge in [0, 0.05) is 0 Å². The van der Waals surface area contributed by atoms with Crippen LogP contribution in [0.1, 0.15) is 117 Å². The van der Waals surface area contributed by atoms with Gasteiger partial charge >= 0.3 is 173 Å². The van der Waals surface area contributed by atoms with Gasteiger partial charge in [-0.1, -0.05) is 0 Å². The van der Waals surface area contributed by atoms with Gasteiger partial charge in [0.2, 0.25) is 0 Å². The first-order valence-corrected chi connectivity index (χ1v) is 14.8. The quantitative estimate of drug-likeness (QED) is 0.170. The molecule has 0 aliphatic heterocycles. The van der Waals surface area contributed by atoms with Crippen LogP contribution < -0.4 is 2.89 Å². The Morgan fingerprint density at radius 1 is 0.760 bits per heavy atom. The Kier molecular flexibility index (Phi) is 13.7. The average molecular weight is 469 g/mol. The molecule has 0 amide bonds. The number of hydrogen-bond acceptors (Lipinski definition) is 1.